The lowest BCUT2D eigenvalue weighted by atomic mass is 10.1. The van der Waals surface area contributed by atoms with Gasteiger partial charge in [-0.2, -0.15) is 0 Å². The van der Waals surface area contributed by atoms with Gasteiger partial charge < -0.3 is 0 Å². The molecule has 4 heteroatoms. The molecule has 0 bridgehead atoms. The van der Waals surface area contributed by atoms with Gasteiger partial charge in [0.15, 0.2) is 0 Å². The third-order valence-electron chi connectivity index (χ3n) is 4.59. The zero-order valence-electron chi connectivity index (χ0n) is 17.0. The largest absolute Gasteiger partial charge is 0.295 e. The lowest BCUT2D eigenvalue weighted by molar-refractivity contribution is 0.598. The van der Waals surface area contributed by atoms with Crippen molar-refractivity contribution in [3.63, 3.8) is 0 Å². The van der Waals surface area contributed by atoms with Crippen LogP contribution in [-0.2, 0) is 4.57 Å². The van der Waals surface area contributed by atoms with E-state index in [2.05, 4.69) is 26.0 Å². The van der Waals surface area contributed by atoms with Crippen LogP contribution in [0.5, 0.6) is 0 Å². The molecule has 1 aromatic carbocycles. The Hall–Kier alpha value is 0.150. The van der Waals surface area contributed by atoms with Gasteiger partial charge in [-0.3, -0.25) is 4.57 Å². The number of hydrogen-bond acceptors (Lipinski definition) is 3. The van der Waals surface area contributed by atoms with Crippen LogP contribution >= 0.6 is 28.3 Å². The van der Waals surface area contributed by atoms with Crippen LogP contribution in [0.2, 0.25) is 0 Å². The molecular formula is C22H39OPS2. The Labute approximate surface area is 170 Å². The van der Waals surface area contributed by atoms with Crippen LogP contribution in [0.1, 0.15) is 90.9 Å². The highest BCUT2D eigenvalue weighted by atomic mass is 33.1. The molecular weight excluding hydrogens is 375 g/mol. The van der Waals surface area contributed by atoms with E-state index in [0.717, 1.165) is 16.8 Å². The van der Waals surface area contributed by atoms with Crippen LogP contribution in [-0.4, -0.2) is 11.5 Å². The van der Waals surface area contributed by atoms with Crippen molar-refractivity contribution in [2.45, 2.75) is 90.9 Å². The smallest absolute Gasteiger partial charge is 0.219 e. The zero-order chi connectivity index (χ0) is 18.9. The Morgan fingerprint density at radius 3 is 1.54 bits per heavy atom. The summed E-state index contributed by atoms with van der Waals surface area (Å²) in [6.45, 7) is 4.51. The third kappa shape index (κ3) is 11.1. The molecule has 0 amide bonds. The molecule has 0 aliphatic heterocycles. The highest BCUT2D eigenvalue weighted by Crippen LogP contribution is 2.68. The summed E-state index contributed by atoms with van der Waals surface area (Å²) in [5.74, 6) is 2.06. The molecule has 1 aromatic rings. The normalized spacial score (nSPS) is 11.8. The van der Waals surface area contributed by atoms with Crippen LogP contribution in [0, 0.1) is 0 Å². The fourth-order valence-electron chi connectivity index (χ4n) is 2.93. The molecule has 26 heavy (non-hydrogen) atoms. The topological polar surface area (TPSA) is 17.1 Å². The summed E-state index contributed by atoms with van der Waals surface area (Å²) in [5.41, 5.74) is -2.36. The van der Waals surface area contributed by atoms with E-state index in [1.54, 1.807) is 22.8 Å². The molecule has 0 aromatic heterocycles. The van der Waals surface area contributed by atoms with Gasteiger partial charge in [0.1, 0.15) is 0 Å². The number of unbranched alkanes of at least 4 members (excludes halogenated alkanes) is 10. The predicted molar refractivity (Wildman–Crippen MR) is 125 cm³/mol. The van der Waals surface area contributed by atoms with E-state index < -0.39 is 5.55 Å². The maximum atomic E-state index is 13.6. The zero-order valence-corrected chi connectivity index (χ0v) is 19.5. The van der Waals surface area contributed by atoms with Crippen molar-refractivity contribution in [1.82, 2.24) is 0 Å². The summed E-state index contributed by atoms with van der Waals surface area (Å²) in [4.78, 5) is 0. The van der Waals surface area contributed by atoms with Crippen LogP contribution < -0.4 is 5.30 Å². The second-order valence-corrected chi connectivity index (χ2v) is 15.2. The van der Waals surface area contributed by atoms with Gasteiger partial charge in [-0.25, -0.2) is 0 Å². The highest BCUT2D eigenvalue weighted by Gasteiger charge is 2.25. The number of benzene rings is 1. The van der Waals surface area contributed by atoms with Crippen molar-refractivity contribution < 1.29 is 4.57 Å². The van der Waals surface area contributed by atoms with Gasteiger partial charge in [0.05, 0.1) is 0 Å². The first-order chi connectivity index (χ1) is 12.7. The summed E-state index contributed by atoms with van der Waals surface area (Å²) >= 11 is 3.46. The van der Waals surface area contributed by atoms with Crippen molar-refractivity contribution in [2.24, 2.45) is 0 Å². The fourth-order valence-corrected chi connectivity index (χ4v) is 11.1. The monoisotopic (exact) mass is 414 g/mol. The first kappa shape index (κ1) is 24.2. The summed E-state index contributed by atoms with van der Waals surface area (Å²) in [6.07, 6.45) is 15.6. The molecule has 1 nitrogen and oxygen atoms in total. The van der Waals surface area contributed by atoms with Crippen molar-refractivity contribution in [2.75, 3.05) is 11.5 Å². The second-order valence-electron chi connectivity index (χ2n) is 7.03. The van der Waals surface area contributed by atoms with E-state index in [4.69, 9.17) is 0 Å². The quantitative estimate of drug-likeness (QED) is 0.187. The summed E-state index contributed by atoms with van der Waals surface area (Å²) in [6, 6.07) is 10.2. The van der Waals surface area contributed by atoms with Gasteiger partial charge in [-0.15, -0.1) is 0 Å². The molecule has 0 fully saturated rings. The lowest BCUT2D eigenvalue weighted by Gasteiger charge is -2.17. The Kier molecular flexibility index (Phi) is 15.0. The summed E-state index contributed by atoms with van der Waals surface area (Å²) in [5, 5.41) is 1.05. The number of rotatable bonds is 17. The Bertz CT molecular complexity index is 456. The van der Waals surface area contributed by atoms with Crippen molar-refractivity contribution in [3.8, 4) is 0 Å². The summed E-state index contributed by atoms with van der Waals surface area (Å²) in [7, 11) is 0. The molecule has 0 saturated heterocycles. The maximum absolute atomic E-state index is 13.6. The SMILES string of the molecule is CCCCCCCCSP(=O)(SCCCCCCCC)c1ccccc1. The van der Waals surface area contributed by atoms with Crippen LogP contribution in [0.15, 0.2) is 30.3 Å². The van der Waals surface area contributed by atoms with E-state index in [-0.39, 0.29) is 0 Å². The number of hydrogen-bond donors (Lipinski definition) is 0. The molecule has 0 saturated carbocycles. The standard InChI is InChI=1S/C22H39OPS2/c1-3-5-7-9-11-16-20-25-24(23,22-18-14-13-15-19-22)26-21-17-12-10-8-6-4-2/h13-15,18-19H,3-12,16-17,20-21H2,1-2H3. The van der Waals surface area contributed by atoms with Gasteiger partial charge in [-0.1, -0.05) is 119 Å². The van der Waals surface area contributed by atoms with Crippen LogP contribution in [0.4, 0.5) is 0 Å². The Morgan fingerprint density at radius 1 is 0.654 bits per heavy atom. The van der Waals surface area contributed by atoms with Crippen LogP contribution in [0.25, 0.3) is 0 Å². The molecule has 0 spiro atoms. The molecule has 1 rings (SSSR count). The Morgan fingerprint density at radius 2 is 1.08 bits per heavy atom. The van der Waals surface area contributed by atoms with E-state index >= 15 is 0 Å². The second kappa shape index (κ2) is 16.1. The molecule has 0 atom stereocenters. The minimum atomic E-state index is -2.36. The van der Waals surface area contributed by atoms with E-state index in [0.29, 0.717) is 0 Å². The predicted octanol–water partition coefficient (Wildman–Crippen LogP) is 8.69. The van der Waals surface area contributed by atoms with Gasteiger partial charge in [0.25, 0.3) is 0 Å². The van der Waals surface area contributed by atoms with Gasteiger partial charge in [0.2, 0.25) is 5.55 Å². The fraction of sp³-hybridized carbons (Fsp3) is 0.727. The third-order valence-corrected chi connectivity index (χ3v) is 13.4. The first-order valence-electron chi connectivity index (χ1n) is 10.7. The first-order valence-corrected chi connectivity index (χ1v) is 15.6. The van der Waals surface area contributed by atoms with Crippen LogP contribution in [0.3, 0.4) is 0 Å². The van der Waals surface area contributed by atoms with E-state index in [1.165, 1.54) is 77.0 Å². The van der Waals surface area contributed by atoms with E-state index in [1.807, 2.05) is 18.2 Å². The van der Waals surface area contributed by atoms with Gasteiger partial charge >= 0.3 is 0 Å². The average molecular weight is 415 g/mol. The Balaban J connectivity index is 2.37. The lowest BCUT2D eigenvalue weighted by Crippen LogP contribution is -2.00. The van der Waals surface area contributed by atoms with Crippen molar-refractivity contribution in [1.29, 1.82) is 0 Å². The minimum absolute atomic E-state index is 1.03. The molecule has 0 radical (unpaired) electrons. The molecule has 150 valence electrons. The molecule has 0 aliphatic rings. The van der Waals surface area contributed by atoms with Gasteiger partial charge in [-0.05, 0) is 25.0 Å². The highest BCUT2D eigenvalue weighted by molar-refractivity contribution is 8.92. The van der Waals surface area contributed by atoms with Crippen molar-refractivity contribution >= 4 is 33.6 Å². The molecule has 0 unspecified atom stereocenters. The van der Waals surface area contributed by atoms with Gasteiger partial charge in [0, 0.05) is 16.8 Å². The average Bonchev–Trinajstić information content (AvgIpc) is 2.67. The molecule has 0 heterocycles. The molecule has 0 aliphatic carbocycles. The van der Waals surface area contributed by atoms with E-state index in [9.17, 15) is 4.57 Å². The summed E-state index contributed by atoms with van der Waals surface area (Å²) < 4.78 is 13.6. The maximum Gasteiger partial charge on any atom is 0.219 e. The van der Waals surface area contributed by atoms with Crippen molar-refractivity contribution in [3.05, 3.63) is 30.3 Å². The molecule has 0 N–H and O–H groups in total. The minimum Gasteiger partial charge on any atom is -0.295 e.